The lowest BCUT2D eigenvalue weighted by molar-refractivity contribution is 0.620. The van der Waals surface area contributed by atoms with Crippen LogP contribution >= 0.6 is 11.3 Å². The Balaban J connectivity index is 2.22. The Labute approximate surface area is 95.2 Å². The van der Waals surface area contributed by atoms with Crippen molar-refractivity contribution in [3.05, 3.63) is 35.9 Å². The van der Waals surface area contributed by atoms with Crippen LogP contribution in [0, 0.1) is 5.26 Å². The second-order valence-electron chi connectivity index (χ2n) is 3.51. The molecule has 0 aliphatic heterocycles. The third kappa shape index (κ3) is 1.40. The maximum Gasteiger partial charge on any atom is 0.270 e. The van der Waals surface area contributed by atoms with Crippen molar-refractivity contribution in [1.82, 2.24) is 14.5 Å². The molecule has 0 bridgehead atoms. The van der Waals surface area contributed by atoms with Gasteiger partial charge in [0.15, 0.2) is 0 Å². The maximum absolute atomic E-state index is 13.0. The maximum atomic E-state index is 13.0. The first kappa shape index (κ1) is 9.47. The average Bonchev–Trinajstić information content (AvgIpc) is 2.81. The molecule has 0 aliphatic carbocycles. The van der Waals surface area contributed by atoms with E-state index in [0.29, 0.717) is 5.52 Å². The molecule has 0 saturated heterocycles. The lowest BCUT2D eigenvalue weighted by Gasteiger charge is -2.00. The van der Waals surface area contributed by atoms with Crippen LogP contribution in [-0.2, 0) is 7.05 Å². The van der Waals surface area contributed by atoms with Gasteiger partial charge in [0.2, 0.25) is 0 Å². The molecule has 0 unspecified atom stereocenters. The number of aryl methyl sites for hydroxylation is 1. The van der Waals surface area contributed by atoms with Crippen LogP contribution in [0.4, 0.5) is 4.39 Å². The van der Waals surface area contributed by atoms with Crippen molar-refractivity contribution in [3.8, 4) is 11.4 Å². The largest absolute Gasteiger partial charge is 0.334 e. The van der Waals surface area contributed by atoms with E-state index in [2.05, 4.69) is 9.97 Å². The molecule has 3 nitrogen and oxygen atoms in total. The van der Waals surface area contributed by atoms with E-state index in [0.717, 1.165) is 27.4 Å². The lowest BCUT2D eigenvalue weighted by atomic mass is 10.2. The number of fused-ring (bicyclic) bond motifs is 1. The number of halogens is 1. The molecule has 3 rings (SSSR count). The Hall–Kier alpha value is -1.75. The summed E-state index contributed by atoms with van der Waals surface area (Å²) in [6.45, 7) is 0. The van der Waals surface area contributed by atoms with Crippen LogP contribution in [0.25, 0.3) is 21.6 Å². The van der Waals surface area contributed by atoms with Crippen LogP contribution in [0.2, 0.25) is 0 Å². The van der Waals surface area contributed by atoms with Crippen molar-refractivity contribution in [2.75, 3.05) is 0 Å². The van der Waals surface area contributed by atoms with Crippen LogP contribution < -0.4 is 0 Å². The minimum absolute atomic E-state index is 0.396. The first-order valence-electron chi connectivity index (χ1n) is 4.78. The van der Waals surface area contributed by atoms with Crippen LogP contribution in [0.3, 0.4) is 0 Å². The summed E-state index contributed by atoms with van der Waals surface area (Å²) in [5.41, 5.74) is 1.63. The Bertz CT molecular complexity index is 656. The molecule has 0 atom stereocenters. The fraction of sp³-hybridized carbons (Fsp3) is 0.0909. The molecular weight excluding hydrogens is 225 g/mol. The van der Waals surface area contributed by atoms with Crippen molar-refractivity contribution in [1.29, 1.82) is 0 Å². The molecule has 0 saturated carbocycles. The number of benzene rings is 1. The second kappa shape index (κ2) is 3.38. The predicted molar refractivity (Wildman–Crippen MR) is 61.8 cm³/mol. The standard InChI is InChI=1S/C11H8FN3S/c1-15-5-4-13-10(15)7-2-3-9-8(6-7)14-11(12)16-9/h2-6H,1H3. The predicted octanol–water partition coefficient (Wildman–Crippen LogP) is 2.84. The van der Waals surface area contributed by atoms with Gasteiger partial charge in [-0.1, -0.05) is 11.3 Å². The van der Waals surface area contributed by atoms with E-state index in [-0.39, 0.29) is 0 Å². The molecule has 3 aromatic rings. The molecular formula is C11H8FN3S. The summed E-state index contributed by atoms with van der Waals surface area (Å²) in [7, 11) is 1.92. The number of nitrogens with zero attached hydrogens (tertiary/aromatic N) is 3. The van der Waals surface area contributed by atoms with E-state index >= 15 is 0 Å². The quantitative estimate of drug-likeness (QED) is 0.647. The van der Waals surface area contributed by atoms with Gasteiger partial charge in [-0.25, -0.2) is 9.97 Å². The molecule has 5 heteroatoms. The zero-order valence-corrected chi connectivity index (χ0v) is 9.33. The average molecular weight is 233 g/mol. The third-order valence-corrected chi connectivity index (χ3v) is 3.27. The Morgan fingerprint density at radius 3 is 3.00 bits per heavy atom. The number of hydrogen-bond acceptors (Lipinski definition) is 3. The summed E-state index contributed by atoms with van der Waals surface area (Å²) in [6.07, 6.45) is 3.61. The third-order valence-electron chi connectivity index (χ3n) is 2.44. The van der Waals surface area contributed by atoms with Gasteiger partial charge in [-0.15, -0.1) is 0 Å². The number of aromatic nitrogens is 3. The highest BCUT2D eigenvalue weighted by Crippen LogP contribution is 2.26. The normalized spacial score (nSPS) is 11.1. The number of hydrogen-bond donors (Lipinski definition) is 0. The summed E-state index contributed by atoms with van der Waals surface area (Å²) in [5.74, 6) is 0.857. The van der Waals surface area contributed by atoms with Crippen LogP contribution in [0.1, 0.15) is 0 Å². The first-order chi connectivity index (χ1) is 7.74. The van der Waals surface area contributed by atoms with Gasteiger partial charge in [-0.3, -0.25) is 0 Å². The van der Waals surface area contributed by atoms with E-state index in [4.69, 9.17) is 0 Å². The molecule has 2 heterocycles. The highest BCUT2D eigenvalue weighted by Gasteiger charge is 2.07. The van der Waals surface area contributed by atoms with E-state index in [1.165, 1.54) is 0 Å². The smallest absolute Gasteiger partial charge is 0.270 e. The Kier molecular flexibility index (Phi) is 2.00. The molecule has 1 aromatic carbocycles. The van der Waals surface area contributed by atoms with Crippen LogP contribution in [0.15, 0.2) is 30.6 Å². The van der Waals surface area contributed by atoms with Gasteiger partial charge in [-0.05, 0) is 18.2 Å². The molecule has 16 heavy (non-hydrogen) atoms. The van der Waals surface area contributed by atoms with Crippen molar-refractivity contribution < 1.29 is 4.39 Å². The monoisotopic (exact) mass is 233 g/mol. The molecule has 80 valence electrons. The molecule has 0 radical (unpaired) electrons. The Morgan fingerprint density at radius 2 is 2.25 bits per heavy atom. The van der Waals surface area contributed by atoms with E-state index in [1.807, 2.05) is 36.0 Å². The van der Waals surface area contributed by atoms with E-state index < -0.39 is 5.26 Å². The van der Waals surface area contributed by atoms with E-state index in [9.17, 15) is 4.39 Å². The molecule has 0 N–H and O–H groups in total. The summed E-state index contributed by atoms with van der Waals surface area (Å²) >= 11 is 1.06. The van der Waals surface area contributed by atoms with Crippen molar-refractivity contribution in [3.63, 3.8) is 0 Å². The number of thiazole rings is 1. The fourth-order valence-corrected chi connectivity index (χ4v) is 2.35. The number of rotatable bonds is 1. The van der Waals surface area contributed by atoms with Gasteiger partial charge in [0.25, 0.3) is 5.26 Å². The summed E-state index contributed by atoms with van der Waals surface area (Å²) < 4.78 is 15.7. The fourth-order valence-electron chi connectivity index (χ4n) is 1.68. The van der Waals surface area contributed by atoms with E-state index in [1.54, 1.807) is 6.20 Å². The topological polar surface area (TPSA) is 30.7 Å². The SMILES string of the molecule is Cn1ccnc1-c1ccc2sc(F)nc2c1. The van der Waals surface area contributed by atoms with Gasteiger partial charge < -0.3 is 4.57 Å². The molecule has 0 fully saturated rings. The summed E-state index contributed by atoms with van der Waals surface area (Å²) in [6, 6.07) is 5.67. The lowest BCUT2D eigenvalue weighted by Crippen LogP contribution is -1.90. The summed E-state index contributed by atoms with van der Waals surface area (Å²) in [4.78, 5) is 8.07. The zero-order valence-electron chi connectivity index (χ0n) is 8.51. The van der Waals surface area contributed by atoms with Gasteiger partial charge in [0.05, 0.1) is 10.2 Å². The minimum atomic E-state index is -0.396. The zero-order chi connectivity index (χ0) is 11.1. The minimum Gasteiger partial charge on any atom is -0.334 e. The second-order valence-corrected chi connectivity index (χ2v) is 4.49. The van der Waals surface area contributed by atoms with Gasteiger partial charge >= 0.3 is 0 Å². The number of imidazole rings is 1. The van der Waals surface area contributed by atoms with Crippen molar-refractivity contribution >= 4 is 21.6 Å². The van der Waals surface area contributed by atoms with Crippen LogP contribution in [0.5, 0.6) is 0 Å². The van der Waals surface area contributed by atoms with Gasteiger partial charge in [0.1, 0.15) is 5.82 Å². The van der Waals surface area contributed by atoms with Gasteiger partial charge in [-0.2, -0.15) is 4.39 Å². The summed E-state index contributed by atoms with van der Waals surface area (Å²) in [5, 5.41) is -0.396. The van der Waals surface area contributed by atoms with Crippen molar-refractivity contribution in [2.45, 2.75) is 0 Å². The molecule has 0 spiro atoms. The molecule has 0 amide bonds. The van der Waals surface area contributed by atoms with Crippen LogP contribution in [-0.4, -0.2) is 14.5 Å². The van der Waals surface area contributed by atoms with Gasteiger partial charge in [0, 0.05) is 25.0 Å². The Morgan fingerprint density at radius 1 is 1.38 bits per heavy atom. The highest BCUT2D eigenvalue weighted by atomic mass is 32.1. The molecule has 0 aliphatic rings. The highest BCUT2D eigenvalue weighted by molar-refractivity contribution is 7.17. The first-order valence-corrected chi connectivity index (χ1v) is 5.59. The van der Waals surface area contributed by atoms with Crippen molar-refractivity contribution in [2.24, 2.45) is 7.05 Å². The molecule has 2 aromatic heterocycles.